The van der Waals surface area contributed by atoms with Crippen molar-refractivity contribution in [3.63, 3.8) is 0 Å². The molecule has 0 radical (unpaired) electrons. The Morgan fingerprint density at radius 3 is 2.38 bits per heavy atom. The first-order chi connectivity index (χ1) is 12.5. The molecular weight excluding hydrogens is 352 g/mol. The molecule has 0 saturated carbocycles. The quantitative estimate of drug-likeness (QED) is 0.826. The van der Waals surface area contributed by atoms with Gasteiger partial charge in [-0.25, -0.2) is 4.68 Å². The van der Waals surface area contributed by atoms with Crippen LogP contribution in [0.4, 0.5) is 0 Å². The summed E-state index contributed by atoms with van der Waals surface area (Å²) in [7, 11) is 0. The molecule has 26 heavy (non-hydrogen) atoms. The van der Waals surface area contributed by atoms with E-state index in [0.717, 1.165) is 24.2 Å². The summed E-state index contributed by atoms with van der Waals surface area (Å²) in [6, 6.07) is 7.49. The number of piperazine rings is 1. The zero-order valence-electron chi connectivity index (χ0n) is 15.1. The summed E-state index contributed by atoms with van der Waals surface area (Å²) in [4.78, 5) is 28.1. The van der Waals surface area contributed by atoms with Gasteiger partial charge in [-0.3, -0.25) is 9.59 Å². The lowest BCUT2D eigenvalue weighted by Gasteiger charge is -2.34. The molecule has 0 atom stereocenters. The van der Waals surface area contributed by atoms with Crippen LogP contribution < -0.4 is 0 Å². The van der Waals surface area contributed by atoms with Gasteiger partial charge >= 0.3 is 0 Å². The Morgan fingerprint density at radius 2 is 1.77 bits per heavy atom. The number of nitrogens with zero attached hydrogens (tertiary/aromatic N) is 4. The van der Waals surface area contributed by atoms with Crippen molar-refractivity contribution in [3.8, 4) is 5.69 Å². The molecule has 7 heteroatoms. The van der Waals surface area contributed by atoms with Gasteiger partial charge in [-0.05, 0) is 18.6 Å². The Morgan fingerprint density at radius 1 is 1.12 bits per heavy atom. The molecule has 1 aromatic heterocycles. The monoisotopic (exact) mass is 374 g/mol. The highest BCUT2D eigenvalue weighted by atomic mass is 35.5. The molecule has 1 saturated heterocycles. The average Bonchev–Trinajstić information content (AvgIpc) is 3.05. The molecule has 0 spiro atoms. The van der Waals surface area contributed by atoms with E-state index in [9.17, 15) is 9.59 Å². The van der Waals surface area contributed by atoms with Crippen molar-refractivity contribution in [3.05, 3.63) is 46.7 Å². The molecular formula is C19H23ClN4O2. The fraction of sp³-hybridized carbons (Fsp3) is 0.421. The van der Waals surface area contributed by atoms with E-state index >= 15 is 0 Å². The lowest BCUT2D eigenvalue weighted by molar-refractivity contribution is -0.130. The zero-order chi connectivity index (χ0) is 18.7. The van der Waals surface area contributed by atoms with Crippen molar-refractivity contribution in [2.75, 3.05) is 26.2 Å². The van der Waals surface area contributed by atoms with Crippen LogP contribution in [0, 0.1) is 0 Å². The normalized spacial score (nSPS) is 14.6. The second kappa shape index (κ2) is 7.91. The molecule has 2 heterocycles. The maximum Gasteiger partial charge on any atom is 0.257 e. The van der Waals surface area contributed by atoms with Crippen LogP contribution >= 0.6 is 11.6 Å². The minimum absolute atomic E-state index is 0.0324. The Kier molecular flexibility index (Phi) is 5.61. The molecule has 138 valence electrons. The van der Waals surface area contributed by atoms with E-state index in [-0.39, 0.29) is 11.8 Å². The number of aromatic nitrogens is 2. The molecule has 1 aliphatic heterocycles. The highest BCUT2D eigenvalue weighted by Gasteiger charge is 2.27. The van der Waals surface area contributed by atoms with Crippen LogP contribution in [0.15, 0.2) is 30.5 Å². The number of hydrogen-bond acceptors (Lipinski definition) is 3. The molecule has 0 bridgehead atoms. The Balaban J connectivity index is 1.87. The van der Waals surface area contributed by atoms with Gasteiger partial charge in [0.1, 0.15) is 0 Å². The summed E-state index contributed by atoms with van der Waals surface area (Å²) in [5.74, 6) is 0.0188. The van der Waals surface area contributed by atoms with Gasteiger partial charge in [-0.1, -0.05) is 37.1 Å². The summed E-state index contributed by atoms with van der Waals surface area (Å²) in [6.45, 7) is 5.86. The van der Waals surface area contributed by atoms with Gasteiger partial charge in [-0.2, -0.15) is 5.10 Å². The predicted octanol–water partition coefficient (Wildman–Crippen LogP) is 2.78. The van der Waals surface area contributed by atoms with Crippen molar-refractivity contribution in [1.29, 1.82) is 0 Å². The minimum atomic E-state index is -0.0324. The summed E-state index contributed by atoms with van der Waals surface area (Å²) in [6.07, 6.45) is 3.27. The number of halogens is 1. The average molecular weight is 375 g/mol. The lowest BCUT2D eigenvalue weighted by Crippen LogP contribution is -2.50. The fourth-order valence-corrected chi connectivity index (χ4v) is 3.47. The second-order valence-electron chi connectivity index (χ2n) is 6.42. The summed E-state index contributed by atoms with van der Waals surface area (Å²) >= 11 is 6.32. The van der Waals surface area contributed by atoms with E-state index in [2.05, 4.69) is 12.0 Å². The number of benzene rings is 1. The smallest absolute Gasteiger partial charge is 0.257 e. The van der Waals surface area contributed by atoms with Crippen LogP contribution in [0.1, 0.15) is 36.3 Å². The molecule has 2 aromatic rings. The maximum atomic E-state index is 13.0. The highest BCUT2D eigenvalue weighted by molar-refractivity contribution is 6.32. The third-order valence-electron chi connectivity index (χ3n) is 4.68. The van der Waals surface area contributed by atoms with Gasteiger partial charge in [-0.15, -0.1) is 0 Å². The van der Waals surface area contributed by atoms with Crippen molar-refractivity contribution in [2.45, 2.75) is 26.7 Å². The van der Waals surface area contributed by atoms with Crippen molar-refractivity contribution in [1.82, 2.24) is 19.6 Å². The van der Waals surface area contributed by atoms with Crippen LogP contribution in [-0.2, 0) is 11.2 Å². The Labute approximate surface area is 158 Å². The summed E-state index contributed by atoms with van der Waals surface area (Å²) < 4.78 is 1.77. The van der Waals surface area contributed by atoms with E-state index in [0.29, 0.717) is 36.8 Å². The molecule has 0 aliphatic carbocycles. The molecule has 1 aliphatic rings. The number of amides is 2. The zero-order valence-corrected chi connectivity index (χ0v) is 15.9. The number of carbonyl (C=O) groups excluding carboxylic acids is 2. The number of rotatable bonds is 4. The minimum Gasteiger partial charge on any atom is -0.339 e. The molecule has 1 aromatic carbocycles. The van der Waals surface area contributed by atoms with Gasteiger partial charge in [0.15, 0.2) is 0 Å². The van der Waals surface area contributed by atoms with Crippen molar-refractivity contribution >= 4 is 23.4 Å². The summed E-state index contributed by atoms with van der Waals surface area (Å²) in [5, 5.41) is 5.04. The van der Waals surface area contributed by atoms with Crippen molar-refractivity contribution < 1.29 is 9.59 Å². The Bertz CT molecular complexity index is 810. The van der Waals surface area contributed by atoms with Gasteiger partial charge < -0.3 is 9.80 Å². The van der Waals surface area contributed by atoms with Crippen LogP contribution in [0.2, 0.25) is 5.02 Å². The molecule has 6 nitrogen and oxygen atoms in total. The third-order valence-corrected chi connectivity index (χ3v) is 5.00. The van der Waals surface area contributed by atoms with E-state index in [4.69, 9.17) is 11.6 Å². The van der Waals surface area contributed by atoms with E-state index in [1.165, 1.54) is 0 Å². The van der Waals surface area contributed by atoms with Crippen LogP contribution in [0.3, 0.4) is 0 Å². The fourth-order valence-electron chi connectivity index (χ4n) is 3.26. The number of para-hydroxylation sites is 1. The first kappa shape index (κ1) is 18.5. The van der Waals surface area contributed by atoms with Crippen molar-refractivity contribution in [2.24, 2.45) is 0 Å². The van der Waals surface area contributed by atoms with E-state index in [1.54, 1.807) is 27.6 Å². The molecule has 1 fully saturated rings. The second-order valence-corrected chi connectivity index (χ2v) is 6.82. The number of carbonyl (C=O) groups is 2. The summed E-state index contributed by atoms with van der Waals surface area (Å²) in [5.41, 5.74) is 2.26. The van der Waals surface area contributed by atoms with E-state index < -0.39 is 0 Å². The number of hydrogen-bond donors (Lipinski definition) is 0. The highest BCUT2D eigenvalue weighted by Crippen LogP contribution is 2.24. The lowest BCUT2D eigenvalue weighted by atomic mass is 10.1. The predicted molar refractivity (Wildman–Crippen MR) is 101 cm³/mol. The van der Waals surface area contributed by atoms with Crippen LogP contribution in [0.5, 0.6) is 0 Å². The van der Waals surface area contributed by atoms with Crippen LogP contribution in [-0.4, -0.2) is 57.6 Å². The maximum absolute atomic E-state index is 13.0. The molecule has 3 rings (SSSR count). The van der Waals surface area contributed by atoms with Crippen LogP contribution in [0.25, 0.3) is 5.69 Å². The first-order valence-electron chi connectivity index (χ1n) is 8.89. The first-order valence-corrected chi connectivity index (χ1v) is 9.27. The topological polar surface area (TPSA) is 58.4 Å². The molecule has 0 unspecified atom stereocenters. The van der Waals surface area contributed by atoms with Gasteiger partial charge in [0.2, 0.25) is 5.91 Å². The SMILES string of the molecule is CCCc1c(C(=O)N2CCN(C(C)=O)CC2)cnn1-c1ccccc1Cl. The Hall–Kier alpha value is -2.34. The molecule has 0 N–H and O–H groups in total. The van der Waals surface area contributed by atoms with E-state index in [1.807, 2.05) is 24.3 Å². The molecule has 2 amide bonds. The van der Waals surface area contributed by atoms with Gasteiger partial charge in [0, 0.05) is 33.1 Å². The third kappa shape index (κ3) is 3.60. The van der Waals surface area contributed by atoms with Gasteiger partial charge in [0.05, 0.1) is 28.2 Å². The van der Waals surface area contributed by atoms with Gasteiger partial charge in [0.25, 0.3) is 5.91 Å². The largest absolute Gasteiger partial charge is 0.339 e. The standard InChI is InChI=1S/C19H23ClN4O2/c1-3-6-17-15(13-21-24(17)18-8-5-4-7-16(18)20)19(26)23-11-9-22(10-12-23)14(2)25/h4-5,7-8,13H,3,6,9-12H2,1-2H3.